The molecule has 1 N–H and O–H groups in total. The molecule has 0 saturated heterocycles. The van der Waals surface area contributed by atoms with Gasteiger partial charge in [0, 0.05) is 7.11 Å². The maximum Gasteiger partial charge on any atom is 0.0832 e. The average Bonchev–Trinajstić information content (AvgIpc) is 2.53. The van der Waals surface area contributed by atoms with Crippen LogP contribution in [0.5, 0.6) is 0 Å². The number of rotatable bonds is 5. The Hall–Kier alpha value is -0.0800. The summed E-state index contributed by atoms with van der Waals surface area (Å²) < 4.78 is 5.40. The van der Waals surface area contributed by atoms with Crippen molar-refractivity contribution in [1.82, 2.24) is 0 Å². The summed E-state index contributed by atoms with van der Waals surface area (Å²) in [5.41, 5.74) is 0. The van der Waals surface area contributed by atoms with E-state index in [0.29, 0.717) is 5.92 Å². The molecule has 1 aliphatic rings. The van der Waals surface area contributed by atoms with Crippen LogP contribution in [0.4, 0.5) is 0 Å². The molecule has 1 rings (SSSR count). The number of aliphatic hydroxyl groups is 1. The largest absolute Gasteiger partial charge is 0.390 e. The van der Waals surface area contributed by atoms with Gasteiger partial charge in [-0.05, 0) is 25.2 Å². The highest BCUT2D eigenvalue weighted by Crippen LogP contribution is 2.28. The second-order valence-corrected chi connectivity index (χ2v) is 4.81. The van der Waals surface area contributed by atoms with E-state index < -0.39 is 0 Å². The predicted octanol–water partition coefficient (Wildman–Crippen LogP) is 3.13. The monoisotopic (exact) mass is 214 g/mol. The van der Waals surface area contributed by atoms with Crippen LogP contribution in [0.2, 0.25) is 0 Å². The summed E-state index contributed by atoms with van der Waals surface area (Å²) in [7, 11) is 1.72. The van der Waals surface area contributed by atoms with E-state index in [4.69, 9.17) is 4.74 Å². The zero-order valence-electron chi connectivity index (χ0n) is 10.2. The van der Waals surface area contributed by atoms with Crippen LogP contribution in [0.15, 0.2) is 0 Å². The molecule has 0 bridgehead atoms. The lowest BCUT2D eigenvalue weighted by atomic mass is 9.89. The Labute approximate surface area is 94.0 Å². The van der Waals surface area contributed by atoms with E-state index in [0.717, 1.165) is 12.8 Å². The molecule has 0 heterocycles. The number of methoxy groups -OCH3 is 1. The second kappa shape index (κ2) is 7.24. The Morgan fingerprint density at radius 2 is 1.80 bits per heavy atom. The quantitative estimate of drug-likeness (QED) is 0.712. The standard InChI is InChI=1S/C13H26O2/c1-3-8-12(15-2)13(14)11-9-6-4-5-7-10-11/h11-14H,3-10H2,1-2H3. The first kappa shape index (κ1) is 13.0. The van der Waals surface area contributed by atoms with E-state index in [1.165, 1.54) is 38.5 Å². The minimum Gasteiger partial charge on any atom is -0.390 e. The van der Waals surface area contributed by atoms with Crippen molar-refractivity contribution in [1.29, 1.82) is 0 Å². The highest BCUT2D eigenvalue weighted by Gasteiger charge is 2.27. The van der Waals surface area contributed by atoms with E-state index >= 15 is 0 Å². The SMILES string of the molecule is CCCC(OC)C(O)C1CCCCCC1. The molecule has 0 aromatic carbocycles. The van der Waals surface area contributed by atoms with Crippen molar-refractivity contribution < 1.29 is 9.84 Å². The van der Waals surface area contributed by atoms with E-state index in [9.17, 15) is 5.11 Å². The highest BCUT2D eigenvalue weighted by molar-refractivity contribution is 4.78. The summed E-state index contributed by atoms with van der Waals surface area (Å²) in [4.78, 5) is 0. The fourth-order valence-electron chi connectivity index (χ4n) is 2.67. The third-order valence-electron chi connectivity index (χ3n) is 3.64. The number of hydrogen-bond donors (Lipinski definition) is 1. The molecule has 0 spiro atoms. The van der Waals surface area contributed by atoms with Crippen LogP contribution in [0, 0.1) is 5.92 Å². The molecule has 90 valence electrons. The highest BCUT2D eigenvalue weighted by atomic mass is 16.5. The lowest BCUT2D eigenvalue weighted by Crippen LogP contribution is -2.34. The first-order valence-corrected chi connectivity index (χ1v) is 6.50. The van der Waals surface area contributed by atoms with Crippen LogP contribution in [0.3, 0.4) is 0 Å². The Bertz CT molecular complexity index is 151. The second-order valence-electron chi connectivity index (χ2n) is 4.81. The zero-order chi connectivity index (χ0) is 11.1. The molecule has 0 radical (unpaired) electrons. The summed E-state index contributed by atoms with van der Waals surface area (Å²) in [5, 5.41) is 10.3. The number of ether oxygens (including phenoxy) is 1. The fraction of sp³-hybridized carbons (Fsp3) is 1.00. The van der Waals surface area contributed by atoms with Gasteiger partial charge in [0.05, 0.1) is 12.2 Å². The fourth-order valence-corrected chi connectivity index (χ4v) is 2.67. The van der Waals surface area contributed by atoms with Crippen LogP contribution in [-0.2, 0) is 4.74 Å². The van der Waals surface area contributed by atoms with Crippen molar-refractivity contribution in [2.75, 3.05) is 7.11 Å². The van der Waals surface area contributed by atoms with Crippen molar-refractivity contribution >= 4 is 0 Å². The molecule has 2 atom stereocenters. The van der Waals surface area contributed by atoms with Crippen molar-refractivity contribution in [3.05, 3.63) is 0 Å². The molecular formula is C13H26O2. The van der Waals surface area contributed by atoms with Crippen LogP contribution in [0.25, 0.3) is 0 Å². The van der Waals surface area contributed by atoms with E-state index in [-0.39, 0.29) is 12.2 Å². The van der Waals surface area contributed by atoms with Gasteiger partial charge in [-0.25, -0.2) is 0 Å². The van der Waals surface area contributed by atoms with E-state index in [1.807, 2.05) is 0 Å². The minimum absolute atomic E-state index is 0.0538. The van der Waals surface area contributed by atoms with Gasteiger partial charge in [-0.3, -0.25) is 0 Å². The van der Waals surface area contributed by atoms with Gasteiger partial charge in [0.1, 0.15) is 0 Å². The maximum absolute atomic E-state index is 10.3. The van der Waals surface area contributed by atoms with Crippen LogP contribution >= 0.6 is 0 Å². The van der Waals surface area contributed by atoms with Crippen molar-refractivity contribution in [2.45, 2.75) is 70.5 Å². The zero-order valence-corrected chi connectivity index (χ0v) is 10.2. The third-order valence-corrected chi connectivity index (χ3v) is 3.64. The molecule has 0 amide bonds. The van der Waals surface area contributed by atoms with Gasteiger partial charge >= 0.3 is 0 Å². The Balaban J connectivity index is 2.43. The first-order valence-electron chi connectivity index (χ1n) is 6.50. The molecule has 15 heavy (non-hydrogen) atoms. The van der Waals surface area contributed by atoms with Crippen LogP contribution < -0.4 is 0 Å². The minimum atomic E-state index is -0.243. The molecule has 2 nitrogen and oxygen atoms in total. The van der Waals surface area contributed by atoms with Gasteiger partial charge in [-0.1, -0.05) is 39.0 Å². The van der Waals surface area contributed by atoms with Crippen molar-refractivity contribution in [2.24, 2.45) is 5.92 Å². The molecule has 0 aromatic rings. The van der Waals surface area contributed by atoms with E-state index in [1.54, 1.807) is 7.11 Å². The van der Waals surface area contributed by atoms with Crippen LogP contribution in [-0.4, -0.2) is 24.4 Å². The van der Waals surface area contributed by atoms with Gasteiger partial charge in [0.2, 0.25) is 0 Å². The number of aliphatic hydroxyl groups excluding tert-OH is 1. The first-order chi connectivity index (χ1) is 7.29. The average molecular weight is 214 g/mol. The maximum atomic E-state index is 10.3. The predicted molar refractivity (Wildman–Crippen MR) is 62.9 cm³/mol. The summed E-state index contributed by atoms with van der Waals surface area (Å²) in [6.45, 7) is 2.14. The Morgan fingerprint density at radius 3 is 2.27 bits per heavy atom. The summed E-state index contributed by atoms with van der Waals surface area (Å²) in [6.07, 6.45) is 9.50. The van der Waals surface area contributed by atoms with Crippen molar-refractivity contribution in [3.63, 3.8) is 0 Å². The molecule has 2 heteroatoms. The lowest BCUT2D eigenvalue weighted by Gasteiger charge is -2.28. The smallest absolute Gasteiger partial charge is 0.0832 e. The molecule has 1 saturated carbocycles. The summed E-state index contributed by atoms with van der Waals surface area (Å²) in [5.74, 6) is 0.476. The molecule has 1 aliphatic carbocycles. The van der Waals surface area contributed by atoms with Crippen molar-refractivity contribution in [3.8, 4) is 0 Å². The van der Waals surface area contributed by atoms with Gasteiger partial charge in [-0.2, -0.15) is 0 Å². The van der Waals surface area contributed by atoms with Gasteiger partial charge in [-0.15, -0.1) is 0 Å². The van der Waals surface area contributed by atoms with Gasteiger partial charge < -0.3 is 9.84 Å². The van der Waals surface area contributed by atoms with Gasteiger partial charge in [0.25, 0.3) is 0 Å². The summed E-state index contributed by atoms with van der Waals surface area (Å²) >= 11 is 0. The Morgan fingerprint density at radius 1 is 1.20 bits per heavy atom. The Kier molecular flexibility index (Phi) is 6.26. The molecular weight excluding hydrogens is 188 g/mol. The van der Waals surface area contributed by atoms with E-state index in [2.05, 4.69) is 6.92 Å². The molecule has 0 aromatic heterocycles. The van der Waals surface area contributed by atoms with Gasteiger partial charge in [0.15, 0.2) is 0 Å². The third kappa shape index (κ3) is 4.12. The van der Waals surface area contributed by atoms with Crippen LogP contribution in [0.1, 0.15) is 58.3 Å². The molecule has 1 fully saturated rings. The number of hydrogen-bond acceptors (Lipinski definition) is 2. The molecule has 0 aliphatic heterocycles. The lowest BCUT2D eigenvalue weighted by molar-refractivity contribution is -0.0486. The summed E-state index contributed by atoms with van der Waals surface area (Å²) in [6, 6.07) is 0. The normalized spacial score (nSPS) is 23.4. The topological polar surface area (TPSA) is 29.5 Å². The molecule has 2 unspecified atom stereocenters.